The van der Waals surface area contributed by atoms with Gasteiger partial charge >= 0.3 is 5.97 Å². The molecule has 0 spiro atoms. The van der Waals surface area contributed by atoms with E-state index in [1.54, 1.807) is 0 Å². The van der Waals surface area contributed by atoms with Gasteiger partial charge in [-0.3, -0.25) is 4.79 Å². The summed E-state index contributed by atoms with van der Waals surface area (Å²) in [5.41, 5.74) is 6.95. The summed E-state index contributed by atoms with van der Waals surface area (Å²) < 4.78 is 1.02. The van der Waals surface area contributed by atoms with E-state index in [1.807, 2.05) is 24.3 Å². The molecule has 0 aliphatic heterocycles. The summed E-state index contributed by atoms with van der Waals surface area (Å²) in [6.07, 6.45) is 1.36. The van der Waals surface area contributed by atoms with E-state index < -0.39 is 5.97 Å². The lowest BCUT2D eigenvalue weighted by Gasteiger charge is -2.10. The van der Waals surface area contributed by atoms with Crippen LogP contribution in [0.1, 0.15) is 18.4 Å². The Hall–Kier alpha value is -0.870. The zero-order valence-corrected chi connectivity index (χ0v) is 9.90. The number of benzene rings is 1. The molecule has 0 saturated carbocycles. The Kier molecular flexibility index (Phi) is 4.78. The molecule has 0 aromatic heterocycles. The van der Waals surface area contributed by atoms with Gasteiger partial charge in [0, 0.05) is 16.9 Å². The molecule has 0 saturated heterocycles. The summed E-state index contributed by atoms with van der Waals surface area (Å²) in [5, 5.41) is 8.51. The van der Waals surface area contributed by atoms with Crippen LogP contribution in [-0.4, -0.2) is 17.1 Å². The summed E-state index contributed by atoms with van der Waals surface area (Å²) >= 11 is 3.38. The number of hydrogen-bond donors (Lipinski definition) is 2. The molecule has 0 bridgehead atoms. The Morgan fingerprint density at radius 1 is 1.53 bits per heavy atom. The largest absolute Gasteiger partial charge is 0.481 e. The molecule has 1 aromatic carbocycles. The van der Waals surface area contributed by atoms with Gasteiger partial charge in [-0.2, -0.15) is 0 Å². The summed E-state index contributed by atoms with van der Waals surface area (Å²) in [4.78, 5) is 10.3. The van der Waals surface area contributed by atoms with Gasteiger partial charge < -0.3 is 10.8 Å². The zero-order chi connectivity index (χ0) is 11.3. The first-order valence-electron chi connectivity index (χ1n) is 4.80. The zero-order valence-electron chi connectivity index (χ0n) is 8.32. The minimum absolute atomic E-state index is 0.0876. The fourth-order valence-corrected chi connectivity index (χ4v) is 1.82. The van der Waals surface area contributed by atoms with Crippen LogP contribution in [0.25, 0.3) is 0 Å². The molecule has 1 rings (SSSR count). The van der Waals surface area contributed by atoms with Gasteiger partial charge in [0.25, 0.3) is 0 Å². The molecule has 0 heterocycles. The first kappa shape index (κ1) is 12.2. The average molecular weight is 272 g/mol. The van der Waals surface area contributed by atoms with Crippen molar-refractivity contribution in [3.8, 4) is 0 Å². The predicted octanol–water partition coefficient (Wildman–Crippen LogP) is 2.18. The molecule has 1 unspecified atom stereocenters. The van der Waals surface area contributed by atoms with E-state index in [2.05, 4.69) is 15.9 Å². The number of nitrogens with two attached hydrogens (primary N) is 1. The molecule has 1 atom stereocenters. The second-order valence-corrected chi connectivity index (χ2v) is 4.44. The van der Waals surface area contributed by atoms with E-state index in [1.165, 1.54) is 0 Å². The van der Waals surface area contributed by atoms with Crippen molar-refractivity contribution < 1.29 is 9.90 Å². The maximum Gasteiger partial charge on any atom is 0.303 e. The predicted molar refractivity (Wildman–Crippen MR) is 62.7 cm³/mol. The Bertz CT molecular complexity index is 341. The number of carbonyl (C=O) groups is 1. The van der Waals surface area contributed by atoms with Crippen molar-refractivity contribution in [1.29, 1.82) is 0 Å². The number of carboxylic acid groups (broad SMARTS) is 1. The van der Waals surface area contributed by atoms with Gasteiger partial charge in [-0.05, 0) is 30.5 Å². The normalized spacial score (nSPS) is 12.4. The molecule has 1 aromatic rings. The van der Waals surface area contributed by atoms with Gasteiger partial charge in [0.05, 0.1) is 0 Å². The van der Waals surface area contributed by atoms with Crippen LogP contribution < -0.4 is 5.73 Å². The fourth-order valence-electron chi connectivity index (χ4n) is 1.38. The van der Waals surface area contributed by atoms with Crippen LogP contribution in [0.15, 0.2) is 28.7 Å². The smallest absolute Gasteiger partial charge is 0.303 e. The third-order valence-electron chi connectivity index (χ3n) is 2.12. The van der Waals surface area contributed by atoms with Crippen LogP contribution in [-0.2, 0) is 11.2 Å². The minimum Gasteiger partial charge on any atom is -0.481 e. The maximum absolute atomic E-state index is 10.3. The van der Waals surface area contributed by atoms with E-state index in [4.69, 9.17) is 10.8 Å². The van der Waals surface area contributed by atoms with E-state index in [-0.39, 0.29) is 12.5 Å². The van der Waals surface area contributed by atoms with Crippen LogP contribution in [0.4, 0.5) is 0 Å². The summed E-state index contributed by atoms with van der Waals surface area (Å²) in [6.45, 7) is 0. The Morgan fingerprint density at radius 2 is 2.27 bits per heavy atom. The van der Waals surface area contributed by atoms with E-state index in [9.17, 15) is 4.79 Å². The first-order valence-corrected chi connectivity index (χ1v) is 5.59. The molecular weight excluding hydrogens is 258 g/mol. The van der Waals surface area contributed by atoms with Crippen molar-refractivity contribution in [2.75, 3.05) is 0 Å². The van der Waals surface area contributed by atoms with E-state index in [0.29, 0.717) is 12.8 Å². The van der Waals surface area contributed by atoms with Gasteiger partial charge in [0.15, 0.2) is 0 Å². The molecule has 3 N–H and O–H groups in total. The van der Waals surface area contributed by atoms with Gasteiger partial charge in [0.1, 0.15) is 0 Å². The van der Waals surface area contributed by atoms with Crippen molar-refractivity contribution in [2.24, 2.45) is 5.73 Å². The highest BCUT2D eigenvalue weighted by Gasteiger charge is 2.06. The van der Waals surface area contributed by atoms with Crippen molar-refractivity contribution >= 4 is 21.9 Å². The van der Waals surface area contributed by atoms with Gasteiger partial charge in [-0.1, -0.05) is 28.1 Å². The Labute approximate surface area is 97.4 Å². The number of carboxylic acids is 1. The SMILES string of the molecule is NC(CCC(=O)O)Cc1cccc(Br)c1. The molecule has 3 nitrogen and oxygen atoms in total. The first-order chi connectivity index (χ1) is 7.08. The highest BCUT2D eigenvalue weighted by Crippen LogP contribution is 2.13. The highest BCUT2D eigenvalue weighted by atomic mass is 79.9. The quantitative estimate of drug-likeness (QED) is 0.863. The maximum atomic E-state index is 10.3. The van der Waals surface area contributed by atoms with E-state index in [0.717, 1.165) is 10.0 Å². The van der Waals surface area contributed by atoms with Crippen molar-refractivity contribution in [3.63, 3.8) is 0 Å². The second kappa shape index (κ2) is 5.88. The molecule has 15 heavy (non-hydrogen) atoms. The molecule has 82 valence electrons. The van der Waals surface area contributed by atoms with Crippen LogP contribution in [0.5, 0.6) is 0 Å². The highest BCUT2D eigenvalue weighted by molar-refractivity contribution is 9.10. The van der Waals surface area contributed by atoms with Gasteiger partial charge in [-0.25, -0.2) is 0 Å². The minimum atomic E-state index is -0.792. The average Bonchev–Trinajstić information content (AvgIpc) is 2.15. The molecular formula is C11H14BrNO2. The van der Waals surface area contributed by atoms with Crippen LogP contribution in [0, 0.1) is 0 Å². The molecule has 0 aliphatic rings. The standard InChI is InChI=1S/C11H14BrNO2/c12-9-3-1-2-8(6-9)7-10(13)4-5-11(14)15/h1-3,6,10H,4-5,7,13H2,(H,14,15). The lowest BCUT2D eigenvalue weighted by Crippen LogP contribution is -2.23. The monoisotopic (exact) mass is 271 g/mol. The van der Waals surface area contributed by atoms with Gasteiger partial charge in [-0.15, -0.1) is 0 Å². The second-order valence-electron chi connectivity index (χ2n) is 3.53. The number of hydrogen-bond acceptors (Lipinski definition) is 2. The lowest BCUT2D eigenvalue weighted by molar-refractivity contribution is -0.137. The van der Waals surface area contributed by atoms with Crippen molar-refractivity contribution in [3.05, 3.63) is 34.3 Å². The summed E-state index contributed by atoms with van der Waals surface area (Å²) in [7, 11) is 0. The molecule has 0 amide bonds. The Morgan fingerprint density at radius 3 is 2.87 bits per heavy atom. The van der Waals surface area contributed by atoms with E-state index >= 15 is 0 Å². The Balaban J connectivity index is 2.44. The third-order valence-corrected chi connectivity index (χ3v) is 2.61. The van der Waals surface area contributed by atoms with Crippen LogP contribution >= 0.6 is 15.9 Å². The summed E-state index contributed by atoms with van der Waals surface area (Å²) in [6, 6.07) is 7.80. The number of halogens is 1. The lowest BCUT2D eigenvalue weighted by atomic mass is 10.0. The number of aliphatic carboxylic acids is 1. The molecule has 0 radical (unpaired) electrons. The topological polar surface area (TPSA) is 63.3 Å². The number of rotatable bonds is 5. The molecule has 4 heteroatoms. The molecule has 0 fully saturated rings. The fraction of sp³-hybridized carbons (Fsp3) is 0.364. The van der Waals surface area contributed by atoms with Crippen molar-refractivity contribution in [1.82, 2.24) is 0 Å². The summed E-state index contributed by atoms with van der Waals surface area (Å²) in [5.74, 6) is -0.792. The third kappa shape index (κ3) is 4.95. The van der Waals surface area contributed by atoms with Gasteiger partial charge in [0.2, 0.25) is 0 Å². The van der Waals surface area contributed by atoms with Crippen LogP contribution in [0.3, 0.4) is 0 Å². The molecule has 0 aliphatic carbocycles. The van der Waals surface area contributed by atoms with Crippen LogP contribution in [0.2, 0.25) is 0 Å². The van der Waals surface area contributed by atoms with Crippen molar-refractivity contribution in [2.45, 2.75) is 25.3 Å².